The van der Waals surface area contributed by atoms with E-state index >= 15 is 0 Å². The van der Waals surface area contributed by atoms with Gasteiger partial charge >= 0.3 is 0 Å². The third-order valence-electron chi connectivity index (χ3n) is 6.97. The number of rotatable bonds is 7. The summed E-state index contributed by atoms with van der Waals surface area (Å²) in [6.45, 7) is 10.7. The number of nitrogens with zero attached hydrogens (tertiary/aromatic N) is 4. The van der Waals surface area contributed by atoms with Crippen molar-refractivity contribution in [2.24, 2.45) is 18.5 Å². The molecule has 42 heavy (non-hydrogen) atoms. The summed E-state index contributed by atoms with van der Waals surface area (Å²) in [6, 6.07) is 8.04. The molecule has 4 rings (SSSR count). The SMILES string of the molecule is CCN(C(=O)c1cnn(C)c1)C(C)(C)CC(=O)N1CCCC1.CNC(C)C(N)=O.NC=O.c1ccc2c(c1)CCCO2. The van der Waals surface area contributed by atoms with Crippen LogP contribution in [0.1, 0.15) is 69.3 Å². The number of aromatic nitrogens is 2. The van der Waals surface area contributed by atoms with Crippen molar-refractivity contribution in [1.82, 2.24) is 24.9 Å². The predicted molar refractivity (Wildman–Crippen MR) is 163 cm³/mol. The van der Waals surface area contributed by atoms with Crippen molar-refractivity contribution in [3.63, 3.8) is 0 Å². The van der Waals surface area contributed by atoms with E-state index in [2.05, 4.69) is 28.3 Å². The van der Waals surface area contributed by atoms with Gasteiger partial charge in [-0.1, -0.05) is 18.2 Å². The highest BCUT2D eigenvalue weighted by atomic mass is 16.5. The highest BCUT2D eigenvalue weighted by Gasteiger charge is 2.34. The first-order valence-corrected chi connectivity index (χ1v) is 14.3. The molecule has 0 bridgehead atoms. The summed E-state index contributed by atoms with van der Waals surface area (Å²) in [7, 11) is 3.48. The van der Waals surface area contributed by atoms with Crippen LogP contribution in [-0.4, -0.2) is 88.6 Å². The number of primary amides is 2. The normalized spacial score (nSPS) is 14.2. The van der Waals surface area contributed by atoms with E-state index in [0.29, 0.717) is 18.5 Å². The largest absolute Gasteiger partial charge is 0.493 e. The molecule has 1 aromatic carbocycles. The molecule has 12 heteroatoms. The van der Waals surface area contributed by atoms with E-state index in [1.807, 2.05) is 37.8 Å². The first-order valence-electron chi connectivity index (χ1n) is 14.3. The number of nitrogens with one attached hydrogen (secondary N) is 1. The minimum atomic E-state index is -0.513. The lowest BCUT2D eigenvalue weighted by atomic mass is 9.96. The van der Waals surface area contributed by atoms with Gasteiger partial charge in [-0.15, -0.1) is 0 Å². The van der Waals surface area contributed by atoms with Crippen molar-refractivity contribution >= 4 is 24.1 Å². The molecule has 3 heterocycles. The molecule has 0 aliphatic carbocycles. The maximum atomic E-state index is 12.7. The van der Waals surface area contributed by atoms with Gasteiger partial charge in [0.1, 0.15) is 5.75 Å². The number of hydrogen-bond acceptors (Lipinski definition) is 7. The average molecular weight is 588 g/mol. The lowest BCUT2D eigenvalue weighted by molar-refractivity contribution is -0.132. The smallest absolute Gasteiger partial charge is 0.257 e. The van der Waals surface area contributed by atoms with E-state index in [9.17, 15) is 14.4 Å². The van der Waals surface area contributed by atoms with E-state index in [0.717, 1.165) is 44.7 Å². The van der Waals surface area contributed by atoms with Gasteiger partial charge in [-0.05, 0) is 72.1 Å². The van der Waals surface area contributed by atoms with Gasteiger partial charge in [-0.2, -0.15) is 5.10 Å². The maximum Gasteiger partial charge on any atom is 0.257 e. The Bertz CT molecular complexity index is 1100. The Labute approximate surface area is 249 Å². The summed E-state index contributed by atoms with van der Waals surface area (Å²) in [5.41, 5.74) is 10.4. The van der Waals surface area contributed by atoms with Crippen molar-refractivity contribution in [3.8, 4) is 5.75 Å². The third-order valence-corrected chi connectivity index (χ3v) is 6.97. The molecule has 234 valence electrons. The van der Waals surface area contributed by atoms with E-state index in [-0.39, 0.29) is 30.2 Å². The number of ether oxygens (including phenoxy) is 1. The second-order valence-corrected chi connectivity index (χ2v) is 10.6. The number of amides is 4. The topological polar surface area (TPSA) is 166 Å². The minimum absolute atomic E-state index is 0.0742. The van der Waals surface area contributed by atoms with Gasteiger partial charge in [0.05, 0.1) is 24.4 Å². The Morgan fingerprint density at radius 3 is 2.29 bits per heavy atom. The molecule has 12 nitrogen and oxygen atoms in total. The zero-order valence-electron chi connectivity index (χ0n) is 26.0. The molecule has 1 fully saturated rings. The van der Waals surface area contributed by atoms with Crippen molar-refractivity contribution in [2.75, 3.05) is 33.3 Å². The zero-order valence-corrected chi connectivity index (χ0v) is 26.0. The number of likely N-dealkylation sites (N-methyl/N-ethyl adjacent to an activating group) is 1. The van der Waals surface area contributed by atoms with Gasteiger partial charge in [0.15, 0.2) is 0 Å². The second-order valence-electron chi connectivity index (χ2n) is 10.6. The first kappa shape index (κ1) is 36.1. The summed E-state index contributed by atoms with van der Waals surface area (Å²) >= 11 is 0. The molecule has 2 aliphatic rings. The van der Waals surface area contributed by atoms with E-state index in [4.69, 9.17) is 15.3 Å². The number of carbonyl (C=O) groups is 4. The minimum Gasteiger partial charge on any atom is -0.493 e. The van der Waals surface area contributed by atoms with Crippen molar-refractivity contribution in [3.05, 3.63) is 47.8 Å². The van der Waals surface area contributed by atoms with Crippen molar-refractivity contribution in [2.45, 2.75) is 71.4 Å². The van der Waals surface area contributed by atoms with E-state index in [1.165, 1.54) is 12.0 Å². The summed E-state index contributed by atoms with van der Waals surface area (Å²) in [5.74, 6) is 0.825. The number of hydrogen-bond donors (Lipinski definition) is 3. The fraction of sp³-hybridized carbons (Fsp3) is 0.567. The highest BCUT2D eigenvalue weighted by Crippen LogP contribution is 2.24. The summed E-state index contributed by atoms with van der Waals surface area (Å²) in [5, 5.41) is 6.74. The van der Waals surface area contributed by atoms with Crippen LogP contribution in [0.2, 0.25) is 0 Å². The van der Waals surface area contributed by atoms with Gasteiger partial charge in [0.25, 0.3) is 5.91 Å². The molecule has 0 spiro atoms. The van der Waals surface area contributed by atoms with Crippen molar-refractivity contribution < 1.29 is 23.9 Å². The van der Waals surface area contributed by atoms with Crippen LogP contribution in [-0.2, 0) is 27.9 Å². The number of nitrogens with two attached hydrogens (primary N) is 2. The Morgan fingerprint density at radius 2 is 1.81 bits per heavy atom. The molecular formula is C30H49N7O5. The lowest BCUT2D eigenvalue weighted by Crippen LogP contribution is -2.50. The lowest BCUT2D eigenvalue weighted by Gasteiger charge is -2.38. The third kappa shape index (κ3) is 11.9. The molecule has 2 aromatic rings. The van der Waals surface area contributed by atoms with E-state index < -0.39 is 5.54 Å². The quantitative estimate of drug-likeness (QED) is 0.416. The Balaban J connectivity index is 0.000000360. The summed E-state index contributed by atoms with van der Waals surface area (Å²) < 4.78 is 7.04. The van der Waals surface area contributed by atoms with Gasteiger partial charge < -0.3 is 31.3 Å². The average Bonchev–Trinajstić information content (AvgIpc) is 3.66. The Hall–Kier alpha value is -3.93. The number of fused-ring (bicyclic) bond motifs is 1. The molecule has 0 radical (unpaired) electrons. The van der Waals surface area contributed by atoms with Crippen LogP contribution in [0.4, 0.5) is 0 Å². The van der Waals surface area contributed by atoms with Crippen LogP contribution in [0, 0.1) is 0 Å². The van der Waals surface area contributed by atoms with E-state index in [1.54, 1.807) is 43.0 Å². The molecule has 0 saturated carbocycles. The number of para-hydroxylation sites is 1. The molecule has 1 unspecified atom stereocenters. The van der Waals surface area contributed by atoms with Crippen LogP contribution in [0.25, 0.3) is 0 Å². The molecule has 1 atom stereocenters. The second kappa shape index (κ2) is 18.5. The molecule has 1 saturated heterocycles. The summed E-state index contributed by atoms with van der Waals surface area (Å²) in [6.07, 6.45) is 8.39. The number of carbonyl (C=O) groups excluding carboxylic acids is 4. The molecule has 5 N–H and O–H groups in total. The fourth-order valence-electron chi connectivity index (χ4n) is 4.52. The van der Waals surface area contributed by atoms with Crippen LogP contribution in [0.5, 0.6) is 5.75 Å². The molecule has 2 aliphatic heterocycles. The number of aryl methyl sites for hydroxylation is 2. The molecule has 4 amide bonds. The van der Waals surface area contributed by atoms with Crippen LogP contribution in [0.15, 0.2) is 36.7 Å². The Morgan fingerprint density at radius 1 is 1.19 bits per heavy atom. The first-order chi connectivity index (χ1) is 19.9. The van der Waals surface area contributed by atoms with Gasteiger partial charge in [0.2, 0.25) is 18.2 Å². The maximum absolute atomic E-state index is 12.7. The monoisotopic (exact) mass is 587 g/mol. The zero-order chi connectivity index (χ0) is 31.7. The van der Waals surface area contributed by atoms with Crippen LogP contribution >= 0.6 is 0 Å². The predicted octanol–water partition coefficient (Wildman–Crippen LogP) is 1.87. The van der Waals surface area contributed by atoms with Crippen molar-refractivity contribution in [1.29, 1.82) is 0 Å². The Kier molecular flexibility index (Phi) is 15.9. The summed E-state index contributed by atoms with van der Waals surface area (Å²) in [4.78, 5) is 47.4. The van der Waals surface area contributed by atoms with Gasteiger partial charge in [-0.3, -0.25) is 23.9 Å². The van der Waals surface area contributed by atoms with Gasteiger partial charge in [0, 0.05) is 44.8 Å². The van der Waals surface area contributed by atoms with Crippen LogP contribution in [0.3, 0.4) is 0 Å². The highest BCUT2D eigenvalue weighted by molar-refractivity contribution is 5.94. The molecule has 1 aromatic heterocycles. The molecular weight excluding hydrogens is 538 g/mol. The van der Waals surface area contributed by atoms with Crippen LogP contribution < -0.4 is 21.5 Å². The standard InChI is InChI=1S/C16H26N4O2.C9H10O.C4H10N2O.CH3NO/c1-5-20(15(22)13-11-17-18(4)12-13)16(2,3)10-14(21)19-8-6-7-9-19;1-2-6-9-8(4-1)5-3-7-10-9;1-3(6-2)4(5)7;2-1-3/h11-12H,5-10H2,1-4H3;1-2,4,6H,3,5,7H2;3,6H,1-2H3,(H2,5,7);1H,(H2,2,3). The number of likely N-dealkylation sites (tertiary alicyclic amines) is 1. The van der Waals surface area contributed by atoms with Gasteiger partial charge in [-0.25, -0.2) is 0 Å². The number of benzene rings is 1. The fourth-order valence-corrected chi connectivity index (χ4v) is 4.52.